The number of rotatable bonds is 10. The van der Waals surface area contributed by atoms with Gasteiger partial charge in [0.05, 0.1) is 44.4 Å². The van der Waals surface area contributed by atoms with E-state index in [4.69, 9.17) is 14.5 Å². The summed E-state index contributed by atoms with van der Waals surface area (Å²) >= 11 is 0. The topological polar surface area (TPSA) is 125 Å². The Bertz CT molecular complexity index is 1750. The zero-order chi connectivity index (χ0) is 35.1. The summed E-state index contributed by atoms with van der Waals surface area (Å²) in [6.07, 6.45) is 3.07. The van der Waals surface area contributed by atoms with Gasteiger partial charge in [-0.25, -0.2) is 9.78 Å². The Hall–Kier alpha value is -4.71. The van der Waals surface area contributed by atoms with Gasteiger partial charge in [-0.1, -0.05) is 20.4 Å². The van der Waals surface area contributed by atoms with E-state index in [1.807, 2.05) is 13.0 Å². The molecule has 0 spiro atoms. The lowest BCUT2D eigenvalue weighted by atomic mass is 9.91. The van der Waals surface area contributed by atoms with Gasteiger partial charge >= 0.3 is 5.97 Å². The van der Waals surface area contributed by atoms with Crippen molar-refractivity contribution in [2.75, 3.05) is 61.2 Å². The van der Waals surface area contributed by atoms with E-state index in [1.54, 1.807) is 53.0 Å². The normalized spacial score (nSPS) is 18.6. The number of ether oxygens (including phenoxy) is 2. The van der Waals surface area contributed by atoms with E-state index in [9.17, 15) is 12.3 Å². The summed E-state index contributed by atoms with van der Waals surface area (Å²) in [5, 5.41) is 6.10. The molecule has 1 atom stereocenters. The van der Waals surface area contributed by atoms with Gasteiger partial charge in [-0.05, 0) is 65.6 Å². The lowest BCUT2D eigenvalue weighted by molar-refractivity contribution is -0.111. The van der Waals surface area contributed by atoms with Crippen LogP contribution in [0.1, 0.15) is 58.6 Å². The number of pyridine rings is 1. The van der Waals surface area contributed by atoms with Crippen molar-refractivity contribution in [1.29, 1.82) is 0 Å². The van der Waals surface area contributed by atoms with Crippen LogP contribution in [0, 0.1) is 6.92 Å². The maximum absolute atomic E-state index is 13.4. The highest BCUT2D eigenvalue weighted by molar-refractivity contribution is 6.02. The van der Waals surface area contributed by atoms with Crippen LogP contribution < -0.4 is 25.2 Å². The number of fused-ring (bicyclic) bond motifs is 1. The van der Waals surface area contributed by atoms with Gasteiger partial charge in [-0.3, -0.25) is 9.78 Å². The average molecular weight is 631 g/mol. The summed E-state index contributed by atoms with van der Waals surface area (Å²) in [6, 6.07) is 7.52. The SMILES string of the molecule is [2H]C1([2H])N(c2nc(Nc3cc(NC(=O)C=C)c(N4CC[C@@H](N(C)C)C4)cc3OC)ncc2C(=O)OC(C)C)c2ccc(C)nc2C1(C)C. The molecule has 1 aromatic carbocycles. The number of amides is 1. The van der Waals surface area contributed by atoms with Crippen LogP contribution in [0.5, 0.6) is 5.75 Å². The minimum Gasteiger partial charge on any atom is -0.494 e. The molecule has 2 aliphatic rings. The number of carbonyl (C=O) groups excluding carboxylic acids is 2. The number of aromatic nitrogens is 3. The minimum absolute atomic E-state index is 0.00641. The van der Waals surface area contributed by atoms with Crippen LogP contribution >= 0.6 is 0 Å². The third kappa shape index (κ3) is 6.62. The molecule has 2 aromatic heterocycles. The van der Waals surface area contributed by atoms with Gasteiger partial charge in [-0.2, -0.15) is 4.98 Å². The van der Waals surface area contributed by atoms with Crippen molar-refractivity contribution < 1.29 is 21.8 Å². The molecule has 0 saturated carbocycles. The Morgan fingerprint density at radius 2 is 1.96 bits per heavy atom. The van der Waals surface area contributed by atoms with Gasteiger partial charge in [0.25, 0.3) is 0 Å². The Kier molecular flexibility index (Phi) is 8.44. The molecule has 12 heteroatoms. The molecule has 0 unspecified atom stereocenters. The number of nitrogens with zero attached hydrogens (tertiary/aromatic N) is 6. The van der Waals surface area contributed by atoms with Crippen molar-refractivity contribution in [3.63, 3.8) is 0 Å². The average Bonchev–Trinajstić information content (AvgIpc) is 3.57. The Balaban J connectivity index is 1.62. The van der Waals surface area contributed by atoms with Crippen molar-refractivity contribution in [1.82, 2.24) is 19.9 Å². The van der Waals surface area contributed by atoms with E-state index >= 15 is 0 Å². The number of methoxy groups -OCH3 is 1. The monoisotopic (exact) mass is 630 g/mol. The summed E-state index contributed by atoms with van der Waals surface area (Å²) in [5.41, 5.74) is 2.46. The molecule has 2 aliphatic heterocycles. The summed E-state index contributed by atoms with van der Waals surface area (Å²) < 4.78 is 29.9. The van der Waals surface area contributed by atoms with E-state index in [0.29, 0.717) is 34.5 Å². The van der Waals surface area contributed by atoms with Crippen molar-refractivity contribution >= 4 is 46.4 Å². The molecule has 1 amide bonds. The molecule has 46 heavy (non-hydrogen) atoms. The van der Waals surface area contributed by atoms with Gasteiger partial charge in [0.2, 0.25) is 11.9 Å². The number of nitrogens with one attached hydrogen (secondary N) is 2. The van der Waals surface area contributed by atoms with Gasteiger partial charge in [0.15, 0.2) is 5.82 Å². The first-order valence-electron chi connectivity index (χ1n) is 16.3. The van der Waals surface area contributed by atoms with E-state index in [-0.39, 0.29) is 23.2 Å². The van der Waals surface area contributed by atoms with Crippen LogP contribution in [-0.2, 0) is 14.9 Å². The second kappa shape index (κ2) is 13.0. The van der Waals surface area contributed by atoms with Crippen molar-refractivity contribution in [3.05, 3.63) is 60.1 Å². The molecule has 5 rings (SSSR count). The number of aryl methyl sites for hydroxylation is 1. The molecule has 244 valence electrons. The van der Waals surface area contributed by atoms with Crippen LogP contribution in [0.15, 0.2) is 43.1 Å². The van der Waals surface area contributed by atoms with Gasteiger partial charge in [0.1, 0.15) is 11.3 Å². The lowest BCUT2D eigenvalue weighted by Crippen LogP contribution is -2.31. The van der Waals surface area contributed by atoms with Crippen LogP contribution in [0.2, 0.25) is 0 Å². The van der Waals surface area contributed by atoms with Crippen molar-refractivity contribution in [3.8, 4) is 5.75 Å². The van der Waals surface area contributed by atoms with Gasteiger partial charge in [-0.15, -0.1) is 0 Å². The second-order valence-corrected chi connectivity index (χ2v) is 12.5. The second-order valence-electron chi connectivity index (χ2n) is 12.5. The minimum atomic E-state index is -2.05. The maximum Gasteiger partial charge on any atom is 0.343 e. The van der Waals surface area contributed by atoms with Gasteiger partial charge < -0.3 is 34.8 Å². The Morgan fingerprint density at radius 1 is 1.20 bits per heavy atom. The number of likely N-dealkylation sites (N-methyl/N-ethyl adjacent to an activating group) is 1. The first-order valence-corrected chi connectivity index (χ1v) is 15.3. The zero-order valence-electron chi connectivity index (χ0n) is 29.8. The Morgan fingerprint density at radius 3 is 2.61 bits per heavy atom. The molecule has 1 saturated heterocycles. The largest absolute Gasteiger partial charge is 0.494 e. The molecule has 0 bridgehead atoms. The summed E-state index contributed by atoms with van der Waals surface area (Å²) in [6.45, 7) is 12.0. The molecule has 0 radical (unpaired) electrons. The van der Waals surface area contributed by atoms with Gasteiger partial charge in [0, 0.05) is 49.0 Å². The first-order chi connectivity index (χ1) is 22.6. The molecule has 3 aromatic rings. The van der Waals surface area contributed by atoms with Crippen LogP contribution in [0.3, 0.4) is 0 Å². The molecular weight excluding hydrogens is 584 g/mol. The highest BCUT2D eigenvalue weighted by Crippen LogP contribution is 2.44. The number of esters is 1. The molecule has 0 aliphatic carbocycles. The molecular formula is C34H44N8O4. The maximum atomic E-state index is 13.4. The molecule has 4 heterocycles. The fourth-order valence-electron chi connectivity index (χ4n) is 5.66. The van der Waals surface area contributed by atoms with E-state index in [0.717, 1.165) is 30.9 Å². The predicted molar refractivity (Wildman–Crippen MR) is 181 cm³/mol. The fraction of sp³-hybridized carbons (Fsp3) is 0.441. The van der Waals surface area contributed by atoms with Crippen LogP contribution in [-0.4, -0.2) is 84.7 Å². The number of benzene rings is 1. The molecule has 2 N–H and O–H groups in total. The highest BCUT2D eigenvalue weighted by atomic mass is 16.5. The van der Waals surface area contributed by atoms with E-state index in [2.05, 4.69) is 51.1 Å². The zero-order valence-corrected chi connectivity index (χ0v) is 27.8. The Labute approximate surface area is 273 Å². The number of hydrogen-bond donors (Lipinski definition) is 2. The predicted octanol–water partition coefficient (Wildman–Crippen LogP) is 5.19. The number of anilines is 6. The quantitative estimate of drug-likeness (QED) is 0.227. The van der Waals surface area contributed by atoms with Crippen LogP contribution in [0.4, 0.5) is 34.5 Å². The third-order valence-corrected chi connectivity index (χ3v) is 8.02. The van der Waals surface area contributed by atoms with Crippen LogP contribution in [0.25, 0.3) is 0 Å². The standard InChI is InChI=1S/C34H44N8O4/c1-10-29(43)37-24-15-25(28(45-9)16-27(24)41-14-13-22(18-41)40(7)8)38-33-35-17-23(32(44)46-20(2)3)31(39-33)42-19-34(5,6)30-26(42)12-11-21(4)36-30/h10-12,15-17,20,22H,1,13-14,18-19H2,2-9H3,(H,37,43)(H,35,38,39)/t22-/m1/s1/i19D2. The summed E-state index contributed by atoms with van der Waals surface area (Å²) in [4.78, 5) is 45.5. The van der Waals surface area contributed by atoms with E-state index in [1.165, 1.54) is 17.2 Å². The highest BCUT2D eigenvalue weighted by Gasteiger charge is 2.40. The fourth-order valence-corrected chi connectivity index (χ4v) is 5.66. The molecule has 1 fully saturated rings. The summed E-state index contributed by atoms with van der Waals surface area (Å²) in [5.74, 6) is -0.515. The lowest BCUT2D eigenvalue weighted by Gasteiger charge is -2.26. The first kappa shape index (κ1) is 30.0. The molecule has 12 nitrogen and oxygen atoms in total. The third-order valence-electron chi connectivity index (χ3n) is 8.02. The number of carbonyl (C=O) groups is 2. The van der Waals surface area contributed by atoms with E-state index < -0.39 is 24.0 Å². The summed E-state index contributed by atoms with van der Waals surface area (Å²) in [7, 11) is 5.65. The number of hydrogen-bond acceptors (Lipinski definition) is 11. The van der Waals surface area contributed by atoms with Crippen molar-refractivity contribution in [2.24, 2.45) is 0 Å². The smallest absolute Gasteiger partial charge is 0.343 e. The van der Waals surface area contributed by atoms with Crippen molar-refractivity contribution in [2.45, 2.75) is 58.6 Å².